The maximum atomic E-state index is 6.07. The van der Waals surface area contributed by atoms with Gasteiger partial charge in [0.25, 0.3) is 0 Å². The van der Waals surface area contributed by atoms with Gasteiger partial charge in [0.15, 0.2) is 0 Å². The first kappa shape index (κ1) is 12.4. The van der Waals surface area contributed by atoms with Gasteiger partial charge in [-0.15, -0.1) is 0 Å². The van der Waals surface area contributed by atoms with Crippen molar-refractivity contribution in [3.63, 3.8) is 0 Å². The summed E-state index contributed by atoms with van der Waals surface area (Å²) in [6.45, 7) is 2.19. The van der Waals surface area contributed by atoms with E-state index in [1.54, 1.807) is 7.11 Å². The molecule has 3 nitrogen and oxygen atoms in total. The van der Waals surface area contributed by atoms with Crippen LogP contribution in [0.25, 0.3) is 0 Å². The van der Waals surface area contributed by atoms with Gasteiger partial charge in [-0.25, -0.2) is 0 Å². The third-order valence-electron chi connectivity index (χ3n) is 3.65. The summed E-state index contributed by atoms with van der Waals surface area (Å²) < 4.78 is 5.16. The quantitative estimate of drug-likeness (QED) is 0.840. The van der Waals surface area contributed by atoms with Gasteiger partial charge in [0, 0.05) is 18.1 Å². The van der Waals surface area contributed by atoms with E-state index < -0.39 is 0 Å². The highest BCUT2D eigenvalue weighted by atomic mass is 16.5. The molecule has 1 aliphatic rings. The van der Waals surface area contributed by atoms with E-state index in [0.717, 1.165) is 12.2 Å². The molecule has 1 saturated carbocycles. The Balaban J connectivity index is 1.96. The van der Waals surface area contributed by atoms with Gasteiger partial charge in [-0.3, -0.25) is 0 Å². The van der Waals surface area contributed by atoms with E-state index in [-0.39, 0.29) is 0 Å². The first-order valence-electron chi connectivity index (χ1n) is 6.36. The molecule has 3 N–H and O–H groups in total. The maximum Gasteiger partial charge on any atom is 0.118 e. The first-order chi connectivity index (χ1) is 8.20. The van der Waals surface area contributed by atoms with Crippen molar-refractivity contribution in [1.82, 2.24) is 5.32 Å². The van der Waals surface area contributed by atoms with Crippen molar-refractivity contribution in [2.75, 3.05) is 7.11 Å². The van der Waals surface area contributed by atoms with Crippen molar-refractivity contribution < 1.29 is 4.74 Å². The Bertz CT molecular complexity index is 350. The van der Waals surface area contributed by atoms with Gasteiger partial charge in [-0.1, -0.05) is 18.6 Å². The van der Waals surface area contributed by atoms with Crippen molar-refractivity contribution in [2.45, 2.75) is 44.3 Å². The highest BCUT2D eigenvalue weighted by molar-refractivity contribution is 5.28. The molecule has 0 aromatic heterocycles. The zero-order chi connectivity index (χ0) is 12.3. The molecule has 94 valence electrons. The minimum atomic E-state index is 0.315. The molecule has 3 atom stereocenters. The van der Waals surface area contributed by atoms with Crippen LogP contribution in [0.5, 0.6) is 5.75 Å². The Morgan fingerprint density at radius 1 is 1.29 bits per heavy atom. The molecule has 1 aromatic rings. The lowest BCUT2D eigenvalue weighted by molar-refractivity contribution is 0.412. The summed E-state index contributed by atoms with van der Waals surface area (Å²) >= 11 is 0. The van der Waals surface area contributed by atoms with Crippen molar-refractivity contribution in [2.24, 2.45) is 5.73 Å². The normalized spacial score (nSPS) is 25.8. The number of nitrogens with two attached hydrogens (primary N) is 1. The van der Waals surface area contributed by atoms with E-state index in [1.807, 2.05) is 12.1 Å². The Labute approximate surface area is 103 Å². The number of nitrogens with one attached hydrogen (secondary N) is 1. The average Bonchev–Trinajstić information content (AvgIpc) is 2.75. The Morgan fingerprint density at radius 3 is 2.53 bits per heavy atom. The number of methoxy groups -OCH3 is 1. The lowest BCUT2D eigenvalue weighted by Gasteiger charge is -2.23. The van der Waals surface area contributed by atoms with Gasteiger partial charge in [0.05, 0.1) is 7.11 Å². The minimum Gasteiger partial charge on any atom is -0.497 e. The third-order valence-corrected chi connectivity index (χ3v) is 3.65. The van der Waals surface area contributed by atoms with Gasteiger partial charge in [0.1, 0.15) is 5.75 Å². The fourth-order valence-corrected chi connectivity index (χ4v) is 2.51. The van der Waals surface area contributed by atoms with E-state index in [1.165, 1.54) is 18.4 Å². The molecule has 2 rings (SSSR count). The molecule has 0 amide bonds. The van der Waals surface area contributed by atoms with Crippen LogP contribution in [0.1, 0.15) is 37.8 Å². The summed E-state index contributed by atoms with van der Waals surface area (Å²) in [6.07, 6.45) is 3.59. The van der Waals surface area contributed by atoms with Gasteiger partial charge in [-0.2, -0.15) is 0 Å². The number of ether oxygens (including phenoxy) is 1. The molecule has 0 bridgehead atoms. The van der Waals surface area contributed by atoms with Crippen LogP contribution in [0.4, 0.5) is 0 Å². The summed E-state index contributed by atoms with van der Waals surface area (Å²) in [5.41, 5.74) is 7.35. The number of hydrogen-bond donors (Lipinski definition) is 2. The van der Waals surface area contributed by atoms with Crippen molar-refractivity contribution in [3.8, 4) is 5.75 Å². The molecule has 3 heteroatoms. The van der Waals surface area contributed by atoms with Crippen LogP contribution in [-0.4, -0.2) is 19.2 Å². The smallest absolute Gasteiger partial charge is 0.118 e. The van der Waals surface area contributed by atoms with Crippen molar-refractivity contribution in [3.05, 3.63) is 29.8 Å². The van der Waals surface area contributed by atoms with Crippen LogP contribution in [-0.2, 0) is 0 Å². The zero-order valence-electron chi connectivity index (χ0n) is 10.6. The highest BCUT2D eigenvalue weighted by Crippen LogP contribution is 2.22. The summed E-state index contributed by atoms with van der Waals surface area (Å²) in [5.74, 6) is 0.901. The van der Waals surface area contributed by atoms with Crippen LogP contribution in [0, 0.1) is 0 Å². The van der Waals surface area contributed by atoms with E-state index in [2.05, 4.69) is 24.4 Å². The summed E-state index contributed by atoms with van der Waals surface area (Å²) in [5, 5.41) is 3.62. The number of rotatable bonds is 4. The first-order valence-corrected chi connectivity index (χ1v) is 6.36. The van der Waals surface area contributed by atoms with Gasteiger partial charge in [0.2, 0.25) is 0 Å². The Hall–Kier alpha value is -1.06. The molecule has 0 spiro atoms. The number of hydrogen-bond acceptors (Lipinski definition) is 3. The van der Waals surface area contributed by atoms with Crippen LogP contribution >= 0.6 is 0 Å². The van der Waals surface area contributed by atoms with Crippen molar-refractivity contribution in [1.29, 1.82) is 0 Å². The largest absolute Gasteiger partial charge is 0.497 e. The molecule has 1 aliphatic carbocycles. The zero-order valence-corrected chi connectivity index (χ0v) is 10.6. The van der Waals surface area contributed by atoms with Crippen molar-refractivity contribution >= 4 is 0 Å². The average molecular weight is 234 g/mol. The molecule has 1 aromatic carbocycles. The highest BCUT2D eigenvalue weighted by Gasteiger charge is 2.25. The summed E-state index contributed by atoms with van der Waals surface area (Å²) in [4.78, 5) is 0. The standard InChI is InChI=1S/C14H22N2O/c1-10(16-14-5-3-4-13(14)15)11-6-8-12(17-2)9-7-11/h6-10,13-14,16H,3-5,15H2,1-2H3/t10-,13+,14-/m1/s1. The lowest BCUT2D eigenvalue weighted by Crippen LogP contribution is -2.41. The molecule has 0 aliphatic heterocycles. The SMILES string of the molecule is COc1ccc([C@@H](C)N[C@@H]2CCC[C@@H]2N)cc1. The minimum absolute atomic E-state index is 0.315. The lowest BCUT2D eigenvalue weighted by atomic mass is 10.1. The topological polar surface area (TPSA) is 47.3 Å². The molecular formula is C14H22N2O. The van der Waals surface area contributed by atoms with E-state index in [4.69, 9.17) is 10.5 Å². The predicted octanol–water partition coefficient (Wildman–Crippen LogP) is 2.23. The van der Waals surface area contributed by atoms with E-state index in [9.17, 15) is 0 Å². The fraction of sp³-hybridized carbons (Fsp3) is 0.571. The van der Waals surface area contributed by atoms with Gasteiger partial charge >= 0.3 is 0 Å². The van der Waals surface area contributed by atoms with E-state index >= 15 is 0 Å². The molecule has 1 fully saturated rings. The monoisotopic (exact) mass is 234 g/mol. The van der Waals surface area contributed by atoms with Crippen LogP contribution in [0.3, 0.4) is 0 Å². The van der Waals surface area contributed by atoms with Gasteiger partial charge in [-0.05, 0) is 37.5 Å². The van der Waals surface area contributed by atoms with Gasteiger partial charge < -0.3 is 15.8 Å². The maximum absolute atomic E-state index is 6.07. The second-order valence-electron chi connectivity index (χ2n) is 4.86. The van der Waals surface area contributed by atoms with E-state index in [0.29, 0.717) is 18.1 Å². The number of benzene rings is 1. The van der Waals surface area contributed by atoms with Crippen LogP contribution in [0.2, 0.25) is 0 Å². The molecule has 17 heavy (non-hydrogen) atoms. The second-order valence-corrected chi connectivity index (χ2v) is 4.86. The molecule has 0 radical (unpaired) electrons. The Morgan fingerprint density at radius 2 is 2.00 bits per heavy atom. The fourth-order valence-electron chi connectivity index (χ4n) is 2.51. The summed E-state index contributed by atoms with van der Waals surface area (Å²) in [7, 11) is 1.69. The summed E-state index contributed by atoms with van der Waals surface area (Å²) in [6, 6.07) is 9.34. The molecular weight excluding hydrogens is 212 g/mol. The predicted molar refractivity (Wildman–Crippen MR) is 70.2 cm³/mol. The molecule has 0 unspecified atom stereocenters. The molecule has 0 saturated heterocycles. The van der Waals surface area contributed by atoms with Crippen LogP contribution < -0.4 is 15.8 Å². The third kappa shape index (κ3) is 2.99. The van der Waals surface area contributed by atoms with Crippen LogP contribution in [0.15, 0.2) is 24.3 Å². The Kier molecular flexibility index (Phi) is 4.02. The second kappa shape index (κ2) is 5.52. The molecule has 0 heterocycles.